The van der Waals surface area contributed by atoms with Gasteiger partial charge >= 0.3 is 5.97 Å². The molecular weight excluding hydrogens is 897 g/mol. The van der Waals surface area contributed by atoms with Gasteiger partial charge in [0, 0.05) is 109 Å². The van der Waals surface area contributed by atoms with E-state index in [1.165, 1.54) is 0 Å². The van der Waals surface area contributed by atoms with E-state index in [1.54, 1.807) is 25.6 Å². The Morgan fingerprint density at radius 2 is 1.55 bits per heavy atom. The molecule has 8 N–H and O–H groups in total. The molecule has 0 aromatic heterocycles. The summed E-state index contributed by atoms with van der Waals surface area (Å²) >= 11 is 1.58. The molecule has 0 heterocycles. The van der Waals surface area contributed by atoms with Gasteiger partial charge in [0.05, 0.1) is 38.6 Å². The summed E-state index contributed by atoms with van der Waals surface area (Å²) in [4.78, 5) is 63.2. The molecule has 0 fully saturated rings. The third-order valence-corrected chi connectivity index (χ3v) is 5.61. The number of nitrogens with one attached hydrogen (secondary N) is 3. The minimum absolute atomic E-state index is 0. The summed E-state index contributed by atoms with van der Waals surface area (Å²) in [6.45, 7) is 7.80. The van der Waals surface area contributed by atoms with E-state index < -0.39 is 36.0 Å². The molecule has 19 heteroatoms. The number of aliphatic hydroxyl groups excluding tert-OH is 2. The molecule has 276 valence electrons. The maximum absolute atomic E-state index is 11.6. The van der Waals surface area contributed by atoms with E-state index in [9.17, 15) is 28.8 Å². The molecule has 0 bridgehead atoms. The van der Waals surface area contributed by atoms with Crippen LogP contribution in [0.15, 0.2) is 0 Å². The summed E-state index contributed by atoms with van der Waals surface area (Å²) in [5.41, 5.74) is 4.42. The summed E-state index contributed by atoms with van der Waals surface area (Å²) < 4.78 is 14.5. The number of rotatable bonds is 22. The Kier molecular flexibility index (Phi) is 55.3. The van der Waals surface area contributed by atoms with Crippen molar-refractivity contribution in [2.75, 3.05) is 58.1 Å². The number of nitrogens with two attached hydrogens (primary N) is 1. The van der Waals surface area contributed by atoms with Gasteiger partial charge in [-0.3, -0.25) is 28.8 Å². The topological polar surface area (TPSA) is 253 Å². The van der Waals surface area contributed by atoms with E-state index in [4.69, 9.17) is 30.5 Å². The zero-order valence-corrected chi connectivity index (χ0v) is 35.8. The van der Waals surface area contributed by atoms with Crippen LogP contribution in [0.1, 0.15) is 47.0 Å². The molecule has 2 atom stereocenters. The number of carboxylic acid groups (broad SMARTS) is 1. The SMILES string of the molecule is CC(C)(CO)OCCNC(=O)C(CO)NC(=O)CN.CC(C)CCC(=O)NCC(=O)O.CSCC(CCOC=O)OC=O.[CH3-].[CH3-].[Ce].[Ce]. The third-order valence-electron chi connectivity index (χ3n) is 4.91. The summed E-state index contributed by atoms with van der Waals surface area (Å²) in [6, 6.07) is -1.03. The second kappa shape index (κ2) is 41.9. The summed E-state index contributed by atoms with van der Waals surface area (Å²) in [5.74, 6) is -1.04. The number of carbonyl (C=O) groups excluding carboxylic acids is 5. The number of hydrogen-bond acceptors (Lipinski definition) is 13. The fourth-order valence-corrected chi connectivity index (χ4v) is 3.12. The fourth-order valence-electron chi connectivity index (χ4n) is 2.50. The van der Waals surface area contributed by atoms with Crippen LogP contribution < -0.4 is 21.7 Å². The van der Waals surface area contributed by atoms with Crippen LogP contribution in [0.25, 0.3) is 0 Å². The van der Waals surface area contributed by atoms with Crippen molar-refractivity contribution in [3.05, 3.63) is 14.9 Å². The van der Waals surface area contributed by atoms with Crippen molar-refractivity contribution >= 4 is 48.4 Å². The molecule has 0 spiro atoms. The predicted octanol–water partition coefficient (Wildman–Crippen LogP) is -0.696. The number of carboxylic acids is 1. The van der Waals surface area contributed by atoms with Crippen molar-refractivity contribution in [1.29, 1.82) is 0 Å². The molecule has 2 unspecified atom stereocenters. The van der Waals surface area contributed by atoms with Gasteiger partial charge in [-0.05, 0) is 32.4 Å². The van der Waals surface area contributed by atoms with Gasteiger partial charge in [-0.15, -0.1) is 0 Å². The maximum Gasteiger partial charge on any atom is 0.322 e. The van der Waals surface area contributed by atoms with Crippen LogP contribution in [0.4, 0.5) is 0 Å². The van der Waals surface area contributed by atoms with Crippen molar-refractivity contribution in [3.8, 4) is 0 Å². The number of aliphatic hydroxyl groups is 2. The average Bonchev–Trinajstić information content (AvgIpc) is 2.96. The van der Waals surface area contributed by atoms with Crippen molar-refractivity contribution in [2.45, 2.75) is 64.7 Å². The first kappa shape index (κ1) is 61.9. The van der Waals surface area contributed by atoms with Gasteiger partial charge < -0.3 is 66.1 Å². The molecule has 0 aliphatic carbocycles. The van der Waals surface area contributed by atoms with E-state index in [2.05, 4.69) is 20.7 Å². The molecule has 0 rings (SSSR count). The van der Waals surface area contributed by atoms with Gasteiger partial charge in [0.25, 0.3) is 12.9 Å². The Labute approximate surface area is 351 Å². The molecule has 3 amide bonds. The number of hydrogen-bond donors (Lipinski definition) is 7. The Hall–Kier alpha value is -0.237. The summed E-state index contributed by atoms with van der Waals surface area (Å²) in [7, 11) is 0. The maximum atomic E-state index is 11.6. The van der Waals surface area contributed by atoms with Gasteiger partial charge in [0.2, 0.25) is 17.7 Å². The van der Waals surface area contributed by atoms with Crippen LogP contribution >= 0.6 is 11.8 Å². The minimum atomic E-state index is -1.03. The molecule has 0 aromatic carbocycles. The number of aliphatic carboxylic acids is 1. The van der Waals surface area contributed by atoms with Crippen LogP contribution in [0.3, 0.4) is 0 Å². The Bertz CT molecular complexity index is 801. The van der Waals surface area contributed by atoms with Crippen LogP contribution in [0.5, 0.6) is 0 Å². The monoisotopic (exact) mass is 952 g/mol. The summed E-state index contributed by atoms with van der Waals surface area (Å²) in [6.07, 6.45) is 3.52. The number of thioether (sulfide) groups is 1. The van der Waals surface area contributed by atoms with Gasteiger partial charge in [-0.2, -0.15) is 11.8 Å². The van der Waals surface area contributed by atoms with E-state index in [1.807, 2.05) is 20.1 Å². The third kappa shape index (κ3) is 45.8. The second-order valence-corrected chi connectivity index (χ2v) is 10.6. The first-order valence-electron chi connectivity index (χ1n) is 13.5. The molecule has 0 aromatic rings. The standard InChI is InChI=1S/C11H23N3O5.C8H15NO3.C7H12O4S.2CH3.2Ce/c1-11(2,7-16)19-4-3-13-10(18)8(6-15)14-9(17)5-12;1-6(2)3-4-7(10)9-5-8(11)12;1-12-4-7(11-6-9)2-3-10-5-8;;;;/h8,15-16H,3-7,12H2,1-2H3,(H,13,18)(H,14,17);6H,3-5H2,1-2H3,(H,9,10)(H,11,12);5-7H,2-4H2,1H3;2*1H3;;/q;;;2*-1;;. The largest absolute Gasteiger partial charge is 0.480 e. The average molecular weight is 953 g/mol. The molecule has 0 aliphatic heterocycles. The van der Waals surface area contributed by atoms with E-state index >= 15 is 0 Å². The van der Waals surface area contributed by atoms with Crippen molar-refractivity contribution in [1.82, 2.24) is 16.0 Å². The molecular formula is C28H56Ce2N4O12S-2. The van der Waals surface area contributed by atoms with E-state index in [0.717, 1.165) is 12.2 Å². The molecule has 0 saturated heterocycles. The van der Waals surface area contributed by atoms with Crippen LogP contribution in [-0.4, -0.2) is 128 Å². The molecule has 0 radical (unpaired) electrons. The number of carbonyl (C=O) groups is 6. The summed E-state index contributed by atoms with van der Waals surface area (Å²) in [5, 5.41) is 33.2. The van der Waals surface area contributed by atoms with Gasteiger partial charge in [0.1, 0.15) is 18.7 Å². The van der Waals surface area contributed by atoms with Gasteiger partial charge in [-0.1, -0.05) is 13.8 Å². The van der Waals surface area contributed by atoms with Gasteiger partial charge in [-0.25, -0.2) is 0 Å². The van der Waals surface area contributed by atoms with E-state index in [0.29, 0.717) is 38.3 Å². The van der Waals surface area contributed by atoms with Crippen LogP contribution in [0.2, 0.25) is 0 Å². The van der Waals surface area contributed by atoms with Crippen LogP contribution in [-0.2, 0) is 43.0 Å². The number of ether oxygens (including phenoxy) is 3. The smallest absolute Gasteiger partial charge is 0.322 e. The first-order chi connectivity index (χ1) is 20.2. The first-order valence-corrected chi connectivity index (χ1v) is 14.9. The van der Waals surface area contributed by atoms with Crippen molar-refractivity contribution < 1.29 is 142 Å². The molecule has 16 nitrogen and oxygen atoms in total. The molecule has 47 heavy (non-hydrogen) atoms. The van der Waals surface area contributed by atoms with Crippen molar-refractivity contribution in [3.63, 3.8) is 0 Å². The molecule has 0 saturated carbocycles. The zero-order chi connectivity index (χ0) is 33.7. The normalized spacial score (nSPS) is 10.7. The van der Waals surface area contributed by atoms with Crippen molar-refractivity contribution in [2.24, 2.45) is 11.7 Å². The quantitative estimate of drug-likeness (QED) is 0.0403. The molecule has 0 aliphatic rings. The van der Waals surface area contributed by atoms with E-state index in [-0.39, 0.29) is 143 Å². The minimum Gasteiger partial charge on any atom is -0.480 e. The predicted molar refractivity (Wildman–Crippen MR) is 172 cm³/mol. The van der Waals surface area contributed by atoms with Gasteiger partial charge in [0.15, 0.2) is 0 Å². The Morgan fingerprint density at radius 1 is 0.957 bits per heavy atom. The fraction of sp³-hybridized carbons (Fsp3) is 0.714. The zero-order valence-electron chi connectivity index (χ0n) is 28.7. The number of amides is 3. The Morgan fingerprint density at radius 3 is 1.98 bits per heavy atom. The van der Waals surface area contributed by atoms with Crippen LogP contribution in [0, 0.1) is 104 Å². The second-order valence-electron chi connectivity index (χ2n) is 9.73. The Balaban J connectivity index is -0.000000102.